The van der Waals surface area contributed by atoms with Crippen molar-refractivity contribution in [1.29, 1.82) is 0 Å². The molecule has 0 aromatic rings. The highest BCUT2D eigenvalue weighted by atomic mass is 32.2. The molecule has 1 aliphatic heterocycles. The Hall–Kier alpha value is 0.0600. The minimum atomic E-state index is -4.10. The zero-order valence-corrected chi connectivity index (χ0v) is 11.0. The Kier molecular flexibility index (Phi) is 6.09. The van der Waals surface area contributed by atoms with Gasteiger partial charge in [0.25, 0.3) is 0 Å². The molecule has 0 saturated carbocycles. The lowest BCUT2D eigenvalue weighted by Crippen LogP contribution is -2.42. The molecule has 1 fully saturated rings. The van der Waals surface area contributed by atoms with Crippen molar-refractivity contribution >= 4 is 11.8 Å². The zero-order chi connectivity index (χ0) is 12.9. The summed E-state index contributed by atoms with van der Waals surface area (Å²) in [5.41, 5.74) is 5.25. The van der Waals surface area contributed by atoms with Gasteiger partial charge in [0, 0.05) is 24.1 Å². The highest BCUT2D eigenvalue weighted by Gasteiger charge is 2.38. The van der Waals surface area contributed by atoms with E-state index in [1.807, 2.05) is 11.8 Å². The van der Waals surface area contributed by atoms with Gasteiger partial charge in [0.2, 0.25) is 0 Å². The fraction of sp³-hybridized carbons (Fsp3) is 1.00. The highest BCUT2D eigenvalue weighted by Crippen LogP contribution is 2.31. The second-order valence-electron chi connectivity index (χ2n) is 4.56. The van der Waals surface area contributed by atoms with Crippen molar-refractivity contribution in [2.75, 3.05) is 31.1 Å². The van der Waals surface area contributed by atoms with Crippen molar-refractivity contribution in [3.63, 3.8) is 0 Å². The van der Waals surface area contributed by atoms with Crippen LogP contribution >= 0.6 is 11.8 Å². The van der Waals surface area contributed by atoms with Gasteiger partial charge in [-0.05, 0) is 32.9 Å². The maximum atomic E-state index is 12.7. The summed E-state index contributed by atoms with van der Waals surface area (Å²) < 4.78 is 38.0. The van der Waals surface area contributed by atoms with Crippen LogP contribution < -0.4 is 5.73 Å². The first kappa shape index (κ1) is 15.1. The van der Waals surface area contributed by atoms with Crippen molar-refractivity contribution in [2.24, 2.45) is 11.7 Å². The molecule has 1 saturated heterocycles. The third kappa shape index (κ3) is 5.06. The molecular weight excluding hydrogens is 249 g/mol. The maximum absolute atomic E-state index is 12.7. The smallest absolute Gasteiger partial charge is 0.330 e. The van der Waals surface area contributed by atoms with E-state index < -0.39 is 12.1 Å². The fourth-order valence-corrected chi connectivity index (χ4v) is 3.17. The van der Waals surface area contributed by atoms with Crippen molar-refractivity contribution in [3.05, 3.63) is 0 Å². The van der Waals surface area contributed by atoms with E-state index in [1.54, 1.807) is 0 Å². The second-order valence-corrected chi connectivity index (χ2v) is 5.71. The molecule has 0 aromatic heterocycles. The number of nitrogens with two attached hydrogens (primary N) is 1. The van der Waals surface area contributed by atoms with Crippen LogP contribution in [0, 0.1) is 5.92 Å². The van der Waals surface area contributed by atoms with Gasteiger partial charge in [-0.15, -0.1) is 0 Å². The highest BCUT2D eigenvalue weighted by molar-refractivity contribution is 7.99. The molecule has 0 bridgehead atoms. The molecule has 2 N–H and O–H groups in total. The Labute approximate surface area is 105 Å². The topological polar surface area (TPSA) is 29.3 Å². The molecule has 0 aromatic carbocycles. The Morgan fingerprint density at radius 2 is 2.12 bits per heavy atom. The van der Waals surface area contributed by atoms with Crippen molar-refractivity contribution < 1.29 is 13.2 Å². The second kappa shape index (κ2) is 6.85. The van der Waals surface area contributed by atoms with Gasteiger partial charge in [0.1, 0.15) is 0 Å². The summed E-state index contributed by atoms with van der Waals surface area (Å²) in [6, 6.07) is 0.389. The first-order valence-electron chi connectivity index (χ1n) is 6.03. The predicted octanol–water partition coefficient (Wildman–Crippen LogP) is 2.34. The molecule has 1 rings (SSSR count). The molecule has 0 aliphatic carbocycles. The number of hydrogen-bond acceptors (Lipinski definition) is 3. The van der Waals surface area contributed by atoms with E-state index in [1.165, 1.54) is 0 Å². The number of alkyl halides is 3. The molecule has 2 nitrogen and oxygen atoms in total. The van der Waals surface area contributed by atoms with Crippen molar-refractivity contribution in [3.8, 4) is 0 Å². The molecule has 2 unspecified atom stereocenters. The van der Waals surface area contributed by atoms with Crippen LogP contribution in [0.15, 0.2) is 0 Å². The number of hydrogen-bond donors (Lipinski definition) is 1. The standard InChI is InChI=1S/C11H21F3N2S/c1-9-8-17-7-6-16(9)5-3-10(2-4-15)11(12,13)14/h9-10H,2-8,15H2,1H3. The van der Waals surface area contributed by atoms with Crippen molar-refractivity contribution in [2.45, 2.75) is 32.0 Å². The molecule has 102 valence electrons. The van der Waals surface area contributed by atoms with Gasteiger partial charge in [-0.25, -0.2) is 0 Å². The van der Waals surface area contributed by atoms with Gasteiger partial charge in [0.05, 0.1) is 5.92 Å². The summed E-state index contributed by atoms with van der Waals surface area (Å²) in [7, 11) is 0. The van der Waals surface area contributed by atoms with Crippen LogP contribution in [0.2, 0.25) is 0 Å². The van der Waals surface area contributed by atoms with Crippen LogP contribution in [-0.4, -0.2) is 48.3 Å². The van der Waals surface area contributed by atoms with E-state index in [4.69, 9.17) is 5.73 Å². The average Bonchev–Trinajstić information content (AvgIpc) is 2.24. The largest absolute Gasteiger partial charge is 0.391 e. The van der Waals surface area contributed by atoms with Crippen molar-refractivity contribution in [1.82, 2.24) is 4.90 Å². The van der Waals surface area contributed by atoms with Crippen LogP contribution in [0.25, 0.3) is 0 Å². The predicted molar refractivity (Wildman–Crippen MR) is 66.2 cm³/mol. The summed E-state index contributed by atoms with van der Waals surface area (Å²) in [6.07, 6.45) is -3.89. The maximum Gasteiger partial charge on any atom is 0.391 e. The third-order valence-corrected chi connectivity index (χ3v) is 4.44. The number of nitrogens with zero attached hydrogens (tertiary/aromatic N) is 1. The van der Waals surface area contributed by atoms with Gasteiger partial charge < -0.3 is 5.73 Å². The van der Waals surface area contributed by atoms with Crippen LogP contribution in [0.1, 0.15) is 19.8 Å². The van der Waals surface area contributed by atoms with Gasteiger partial charge in [0.15, 0.2) is 0 Å². The summed E-state index contributed by atoms with van der Waals surface area (Å²) >= 11 is 1.87. The van der Waals surface area contributed by atoms with E-state index in [9.17, 15) is 13.2 Å². The summed E-state index contributed by atoms with van der Waals surface area (Å²) in [5, 5.41) is 0. The van der Waals surface area contributed by atoms with Gasteiger partial charge in [-0.3, -0.25) is 4.90 Å². The Bertz CT molecular complexity index is 223. The van der Waals surface area contributed by atoms with E-state index in [-0.39, 0.29) is 19.4 Å². The SMILES string of the molecule is CC1CSCCN1CCC(CCN)C(F)(F)F. The van der Waals surface area contributed by atoms with E-state index in [2.05, 4.69) is 11.8 Å². The quantitative estimate of drug-likeness (QED) is 0.831. The Morgan fingerprint density at radius 1 is 1.41 bits per heavy atom. The molecule has 2 atom stereocenters. The summed E-state index contributed by atoms with van der Waals surface area (Å²) in [6.45, 7) is 3.62. The van der Waals surface area contributed by atoms with Crippen LogP contribution in [0.3, 0.4) is 0 Å². The molecule has 1 aliphatic rings. The number of thioether (sulfide) groups is 1. The fourth-order valence-electron chi connectivity index (χ4n) is 2.09. The number of halogens is 3. The van der Waals surface area contributed by atoms with Gasteiger partial charge in [-0.2, -0.15) is 24.9 Å². The first-order chi connectivity index (χ1) is 7.95. The minimum Gasteiger partial charge on any atom is -0.330 e. The Morgan fingerprint density at radius 3 is 2.65 bits per heavy atom. The molecule has 0 amide bonds. The molecular formula is C11H21F3N2S. The van der Waals surface area contributed by atoms with Gasteiger partial charge >= 0.3 is 6.18 Å². The molecule has 6 heteroatoms. The number of rotatable bonds is 5. The molecule has 1 heterocycles. The normalized spacial score (nSPS) is 24.9. The lowest BCUT2D eigenvalue weighted by molar-refractivity contribution is -0.178. The van der Waals surface area contributed by atoms with Crippen LogP contribution in [0.4, 0.5) is 13.2 Å². The summed E-state index contributed by atoms with van der Waals surface area (Å²) in [4.78, 5) is 2.16. The minimum absolute atomic E-state index is 0.0421. The lowest BCUT2D eigenvalue weighted by atomic mass is 10.00. The van der Waals surface area contributed by atoms with Crippen LogP contribution in [0.5, 0.6) is 0 Å². The molecule has 0 spiro atoms. The van der Waals surface area contributed by atoms with E-state index >= 15 is 0 Å². The molecule has 17 heavy (non-hydrogen) atoms. The monoisotopic (exact) mass is 270 g/mol. The van der Waals surface area contributed by atoms with Gasteiger partial charge in [-0.1, -0.05) is 0 Å². The lowest BCUT2D eigenvalue weighted by Gasteiger charge is -2.34. The average molecular weight is 270 g/mol. The third-order valence-electron chi connectivity index (χ3n) is 3.25. The first-order valence-corrected chi connectivity index (χ1v) is 7.19. The van der Waals surface area contributed by atoms with E-state index in [0.717, 1.165) is 18.1 Å². The zero-order valence-electron chi connectivity index (χ0n) is 10.2. The van der Waals surface area contributed by atoms with E-state index in [0.29, 0.717) is 12.6 Å². The molecule has 0 radical (unpaired) electrons. The Balaban J connectivity index is 2.40. The van der Waals surface area contributed by atoms with Crippen LogP contribution in [-0.2, 0) is 0 Å². The summed E-state index contributed by atoms with van der Waals surface area (Å²) in [5.74, 6) is 0.806.